The summed E-state index contributed by atoms with van der Waals surface area (Å²) in [6.07, 6.45) is 0.620. The van der Waals surface area contributed by atoms with Crippen molar-refractivity contribution in [2.24, 2.45) is 5.73 Å². The Bertz CT molecular complexity index is 309. The van der Waals surface area contributed by atoms with Crippen LogP contribution in [0.15, 0.2) is 18.2 Å². The predicted molar refractivity (Wildman–Crippen MR) is 56.7 cm³/mol. The van der Waals surface area contributed by atoms with E-state index >= 15 is 0 Å². The van der Waals surface area contributed by atoms with Crippen LogP contribution in [-0.2, 0) is 6.42 Å². The van der Waals surface area contributed by atoms with Crippen LogP contribution in [0.5, 0.6) is 0 Å². The minimum Gasteiger partial charge on any atom is -0.393 e. The fourth-order valence-electron chi connectivity index (χ4n) is 0.948. The molecule has 0 fully saturated rings. The van der Waals surface area contributed by atoms with E-state index in [1.165, 1.54) is 0 Å². The molecular weight excluding hydrogens is 190 g/mol. The summed E-state index contributed by atoms with van der Waals surface area (Å²) in [5.74, 6) is 0. The lowest BCUT2D eigenvalue weighted by Gasteiger charge is -2.01. The van der Waals surface area contributed by atoms with Gasteiger partial charge >= 0.3 is 0 Å². The molecule has 1 rings (SSSR count). The van der Waals surface area contributed by atoms with Gasteiger partial charge in [-0.2, -0.15) is 0 Å². The van der Waals surface area contributed by atoms with Gasteiger partial charge in [0.05, 0.1) is 4.99 Å². The average Bonchev–Trinajstić information content (AvgIpc) is 1.96. The van der Waals surface area contributed by atoms with Gasteiger partial charge in [0.1, 0.15) is 0 Å². The Kier molecular flexibility index (Phi) is 3.06. The number of hydrogen-bond donors (Lipinski definition) is 1. The minimum absolute atomic E-state index is 0.495. The fraction of sp³-hybridized carbons (Fsp3) is 0.222. The maximum Gasteiger partial charge on any atom is 0.0771 e. The maximum absolute atomic E-state index is 5.91. The average molecular weight is 200 g/mol. The van der Waals surface area contributed by atoms with Gasteiger partial charge in [-0.3, -0.25) is 0 Å². The Morgan fingerprint density at radius 2 is 2.25 bits per heavy atom. The third-order valence-electron chi connectivity index (χ3n) is 1.61. The molecule has 0 amide bonds. The van der Waals surface area contributed by atoms with Crippen molar-refractivity contribution in [2.45, 2.75) is 13.3 Å². The van der Waals surface area contributed by atoms with Gasteiger partial charge in [-0.15, -0.1) is 0 Å². The highest BCUT2D eigenvalue weighted by atomic mass is 35.5. The van der Waals surface area contributed by atoms with Crippen LogP contribution in [0, 0.1) is 6.92 Å². The number of hydrogen-bond acceptors (Lipinski definition) is 1. The van der Waals surface area contributed by atoms with Crippen molar-refractivity contribution >= 4 is 28.8 Å². The number of aryl methyl sites for hydroxylation is 1. The highest BCUT2D eigenvalue weighted by Gasteiger charge is 1.98. The smallest absolute Gasteiger partial charge is 0.0771 e. The quantitative estimate of drug-likeness (QED) is 0.741. The van der Waals surface area contributed by atoms with Crippen LogP contribution >= 0.6 is 23.8 Å². The summed E-state index contributed by atoms with van der Waals surface area (Å²) in [5, 5.41) is 0.767. The van der Waals surface area contributed by atoms with Gasteiger partial charge in [0.2, 0.25) is 0 Å². The topological polar surface area (TPSA) is 26.0 Å². The van der Waals surface area contributed by atoms with Gasteiger partial charge in [0.25, 0.3) is 0 Å². The summed E-state index contributed by atoms with van der Waals surface area (Å²) in [6.45, 7) is 1.97. The Morgan fingerprint density at radius 1 is 1.58 bits per heavy atom. The summed E-state index contributed by atoms with van der Waals surface area (Å²) in [6, 6.07) is 5.85. The van der Waals surface area contributed by atoms with E-state index in [9.17, 15) is 0 Å². The molecule has 0 aliphatic heterocycles. The molecule has 0 spiro atoms. The number of nitrogens with two attached hydrogens (primary N) is 1. The van der Waals surface area contributed by atoms with E-state index in [0.717, 1.165) is 16.1 Å². The molecular formula is C9H10ClNS. The maximum atomic E-state index is 5.91. The van der Waals surface area contributed by atoms with Crippen molar-refractivity contribution in [2.75, 3.05) is 0 Å². The Balaban J connectivity index is 2.89. The van der Waals surface area contributed by atoms with E-state index in [1.54, 1.807) is 0 Å². The molecule has 0 aliphatic carbocycles. The number of thiocarbonyl (C=S) groups is 1. The van der Waals surface area contributed by atoms with Crippen molar-refractivity contribution in [1.82, 2.24) is 0 Å². The molecule has 0 aliphatic rings. The monoisotopic (exact) mass is 199 g/mol. The number of rotatable bonds is 2. The molecule has 64 valence electrons. The summed E-state index contributed by atoms with van der Waals surface area (Å²) in [7, 11) is 0. The second-order valence-electron chi connectivity index (χ2n) is 2.73. The summed E-state index contributed by atoms with van der Waals surface area (Å²) in [5.41, 5.74) is 7.54. The van der Waals surface area contributed by atoms with Crippen LogP contribution in [0.25, 0.3) is 0 Å². The zero-order valence-electron chi connectivity index (χ0n) is 6.80. The van der Waals surface area contributed by atoms with E-state index in [1.807, 2.05) is 25.1 Å². The highest BCUT2D eigenvalue weighted by molar-refractivity contribution is 7.80. The normalized spacial score (nSPS) is 9.83. The van der Waals surface area contributed by atoms with E-state index in [4.69, 9.17) is 29.6 Å². The van der Waals surface area contributed by atoms with Gasteiger partial charge in [-0.05, 0) is 24.1 Å². The first-order chi connectivity index (χ1) is 5.59. The molecule has 0 saturated carbocycles. The van der Waals surface area contributed by atoms with E-state index in [-0.39, 0.29) is 0 Å². The lowest BCUT2D eigenvalue weighted by atomic mass is 10.1. The van der Waals surface area contributed by atoms with Crippen LogP contribution in [0.1, 0.15) is 11.1 Å². The van der Waals surface area contributed by atoms with Gasteiger partial charge in [-0.25, -0.2) is 0 Å². The molecule has 0 atom stereocenters. The third kappa shape index (κ3) is 2.47. The predicted octanol–water partition coefficient (Wildman–Crippen LogP) is 2.48. The SMILES string of the molecule is Cc1ccc(CC(N)=S)cc1Cl. The Hall–Kier alpha value is -0.600. The molecule has 0 aromatic heterocycles. The Labute approximate surface area is 82.5 Å². The molecule has 1 aromatic carbocycles. The third-order valence-corrected chi connectivity index (χ3v) is 2.17. The summed E-state index contributed by atoms with van der Waals surface area (Å²) in [4.78, 5) is 0.495. The first kappa shape index (κ1) is 9.49. The van der Waals surface area contributed by atoms with Gasteiger partial charge in [-0.1, -0.05) is 36.0 Å². The first-order valence-electron chi connectivity index (χ1n) is 3.63. The molecule has 0 unspecified atom stereocenters. The van der Waals surface area contributed by atoms with Crippen LogP contribution in [-0.4, -0.2) is 4.99 Å². The highest BCUT2D eigenvalue weighted by Crippen LogP contribution is 2.16. The largest absolute Gasteiger partial charge is 0.393 e. The van der Waals surface area contributed by atoms with Crippen molar-refractivity contribution in [3.05, 3.63) is 34.3 Å². The summed E-state index contributed by atoms with van der Waals surface area (Å²) >= 11 is 10.7. The lowest BCUT2D eigenvalue weighted by Crippen LogP contribution is -2.10. The van der Waals surface area contributed by atoms with E-state index in [2.05, 4.69) is 0 Å². The van der Waals surface area contributed by atoms with Gasteiger partial charge in [0.15, 0.2) is 0 Å². The molecule has 0 radical (unpaired) electrons. The summed E-state index contributed by atoms with van der Waals surface area (Å²) < 4.78 is 0. The second-order valence-corrected chi connectivity index (χ2v) is 3.66. The number of halogens is 1. The standard InChI is InChI=1S/C9H10ClNS/c1-6-2-3-7(4-8(6)10)5-9(11)12/h2-4H,5H2,1H3,(H2,11,12). The van der Waals surface area contributed by atoms with E-state index < -0.39 is 0 Å². The Morgan fingerprint density at radius 3 is 2.75 bits per heavy atom. The van der Waals surface area contributed by atoms with Crippen molar-refractivity contribution in [1.29, 1.82) is 0 Å². The molecule has 12 heavy (non-hydrogen) atoms. The molecule has 1 aromatic rings. The van der Waals surface area contributed by atoms with Crippen LogP contribution in [0.3, 0.4) is 0 Å². The van der Waals surface area contributed by atoms with Crippen LogP contribution < -0.4 is 5.73 Å². The first-order valence-corrected chi connectivity index (χ1v) is 4.41. The minimum atomic E-state index is 0.495. The van der Waals surface area contributed by atoms with Gasteiger partial charge in [0, 0.05) is 11.4 Å². The van der Waals surface area contributed by atoms with E-state index in [0.29, 0.717) is 11.4 Å². The molecule has 1 nitrogen and oxygen atoms in total. The van der Waals surface area contributed by atoms with Crippen molar-refractivity contribution < 1.29 is 0 Å². The fourth-order valence-corrected chi connectivity index (χ4v) is 1.32. The van der Waals surface area contributed by atoms with Crippen molar-refractivity contribution in [3.8, 4) is 0 Å². The van der Waals surface area contributed by atoms with Crippen LogP contribution in [0.4, 0.5) is 0 Å². The number of benzene rings is 1. The molecule has 2 N–H and O–H groups in total. The molecule has 0 saturated heterocycles. The lowest BCUT2D eigenvalue weighted by molar-refractivity contribution is 1.31. The second kappa shape index (κ2) is 3.87. The van der Waals surface area contributed by atoms with Gasteiger partial charge < -0.3 is 5.73 Å². The molecule has 0 bridgehead atoms. The zero-order valence-corrected chi connectivity index (χ0v) is 8.38. The molecule has 0 heterocycles. The zero-order chi connectivity index (χ0) is 9.14. The van der Waals surface area contributed by atoms with Crippen LogP contribution in [0.2, 0.25) is 5.02 Å². The van der Waals surface area contributed by atoms with Crippen molar-refractivity contribution in [3.63, 3.8) is 0 Å². The molecule has 3 heteroatoms.